The second-order valence-electron chi connectivity index (χ2n) is 6.80. The number of H-pyrrole nitrogens is 1. The van der Waals surface area contributed by atoms with Crippen molar-refractivity contribution in [3.8, 4) is 11.4 Å². The van der Waals surface area contributed by atoms with Gasteiger partial charge >= 0.3 is 0 Å². The zero-order chi connectivity index (χ0) is 18.1. The SMILES string of the molecule is Cn1cc([C@@H](NC(=O)c2cccc(-c3ncc[nH]3)c2)C2CC(O)C2)cn1. The first-order valence-electron chi connectivity index (χ1n) is 8.67. The number of aliphatic hydroxyl groups excluding tert-OH is 1. The molecule has 1 atom stereocenters. The normalized spacial score (nSPS) is 20.4. The molecule has 2 aromatic heterocycles. The average molecular weight is 351 g/mol. The van der Waals surface area contributed by atoms with Gasteiger partial charge in [-0.05, 0) is 30.9 Å². The molecule has 1 amide bonds. The van der Waals surface area contributed by atoms with Crippen LogP contribution in [0.3, 0.4) is 0 Å². The molecule has 0 saturated heterocycles. The fraction of sp³-hybridized carbons (Fsp3) is 0.316. The van der Waals surface area contributed by atoms with Crippen LogP contribution in [0.4, 0.5) is 0 Å². The highest BCUT2D eigenvalue weighted by molar-refractivity contribution is 5.95. The lowest BCUT2D eigenvalue weighted by atomic mass is 9.75. The third-order valence-electron chi connectivity index (χ3n) is 4.89. The predicted octanol–water partition coefficient (Wildman–Crippen LogP) is 2.05. The summed E-state index contributed by atoms with van der Waals surface area (Å²) in [5.74, 6) is 0.797. The van der Waals surface area contributed by atoms with Crippen LogP contribution in [0.2, 0.25) is 0 Å². The minimum Gasteiger partial charge on any atom is -0.393 e. The average Bonchev–Trinajstić information content (AvgIpc) is 3.29. The van der Waals surface area contributed by atoms with Gasteiger partial charge in [0, 0.05) is 42.3 Å². The molecule has 134 valence electrons. The van der Waals surface area contributed by atoms with Crippen LogP contribution in [0.25, 0.3) is 11.4 Å². The van der Waals surface area contributed by atoms with Gasteiger partial charge in [-0.2, -0.15) is 5.10 Å². The second kappa shape index (κ2) is 6.76. The molecule has 7 nitrogen and oxygen atoms in total. The molecule has 0 spiro atoms. The van der Waals surface area contributed by atoms with Crippen molar-refractivity contribution in [2.75, 3.05) is 0 Å². The fourth-order valence-electron chi connectivity index (χ4n) is 3.43. The third kappa shape index (κ3) is 3.25. The number of nitrogens with zero attached hydrogens (tertiary/aromatic N) is 3. The van der Waals surface area contributed by atoms with E-state index in [1.54, 1.807) is 29.3 Å². The van der Waals surface area contributed by atoms with Crippen LogP contribution in [0.15, 0.2) is 49.1 Å². The van der Waals surface area contributed by atoms with Gasteiger partial charge < -0.3 is 15.4 Å². The summed E-state index contributed by atoms with van der Waals surface area (Å²) in [6.07, 6.45) is 8.21. The van der Waals surface area contributed by atoms with Crippen LogP contribution in [-0.4, -0.2) is 36.9 Å². The number of hydrogen-bond acceptors (Lipinski definition) is 4. The number of aliphatic hydroxyl groups is 1. The number of benzene rings is 1. The maximum Gasteiger partial charge on any atom is 0.251 e. The largest absolute Gasteiger partial charge is 0.393 e. The highest BCUT2D eigenvalue weighted by Crippen LogP contribution is 2.38. The molecular weight excluding hydrogens is 330 g/mol. The number of imidazole rings is 1. The monoisotopic (exact) mass is 351 g/mol. The Hall–Kier alpha value is -2.93. The molecule has 26 heavy (non-hydrogen) atoms. The summed E-state index contributed by atoms with van der Waals surface area (Å²) in [6, 6.07) is 7.21. The van der Waals surface area contributed by atoms with Crippen molar-refractivity contribution in [1.82, 2.24) is 25.1 Å². The number of aryl methyl sites for hydroxylation is 1. The summed E-state index contributed by atoms with van der Waals surface area (Å²) in [5.41, 5.74) is 2.40. The molecule has 4 rings (SSSR count). The number of rotatable bonds is 5. The Balaban J connectivity index is 1.56. The molecule has 2 heterocycles. The van der Waals surface area contributed by atoms with Gasteiger partial charge in [0.1, 0.15) is 5.82 Å². The molecule has 1 fully saturated rings. The first-order chi connectivity index (χ1) is 12.6. The quantitative estimate of drug-likeness (QED) is 0.655. The highest BCUT2D eigenvalue weighted by Gasteiger charge is 2.36. The van der Waals surface area contributed by atoms with Gasteiger partial charge in [-0.15, -0.1) is 0 Å². The van der Waals surface area contributed by atoms with Crippen LogP contribution >= 0.6 is 0 Å². The Morgan fingerprint density at radius 2 is 2.27 bits per heavy atom. The van der Waals surface area contributed by atoms with E-state index in [0.717, 1.165) is 17.0 Å². The second-order valence-corrected chi connectivity index (χ2v) is 6.80. The minimum absolute atomic E-state index is 0.145. The molecule has 3 aromatic rings. The number of hydrogen-bond donors (Lipinski definition) is 3. The number of amides is 1. The van der Waals surface area contributed by atoms with Gasteiger partial charge in [-0.25, -0.2) is 4.98 Å². The topological polar surface area (TPSA) is 95.8 Å². The van der Waals surface area contributed by atoms with Gasteiger partial charge in [0.05, 0.1) is 18.3 Å². The van der Waals surface area contributed by atoms with Gasteiger partial charge in [0.15, 0.2) is 0 Å². The van der Waals surface area contributed by atoms with E-state index >= 15 is 0 Å². The van der Waals surface area contributed by atoms with Crippen LogP contribution < -0.4 is 5.32 Å². The lowest BCUT2D eigenvalue weighted by Gasteiger charge is -2.37. The Morgan fingerprint density at radius 3 is 2.92 bits per heavy atom. The van der Waals surface area contributed by atoms with Gasteiger partial charge in [-0.3, -0.25) is 9.48 Å². The van der Waals surface area contributed by atoms with Crippen molar-refractivity contribution < 1.29 is 9.90 Å². The summed E-state index contributed by atoms with van der Waals surface area (Å²) >= 11 is 0. The molecule has 0 bridgehead atoms. The maximum atomic E-state index is 12.9. The molecule has 1 aromatic carbocycles. The smallest absolute Gasteiger partial charge is 0.251 e. The molecule has 1 aliphatic rings. The third-order valence-corrected chi connectivity index (χ3v) is 4.89. The van der Waals surface area contributed by atoms with Crippen molar-refractivity contribution in [3.63, 3.8) is 0 Å². The van der Waals surface area contributed by atoms with Crippen LogP contribution in [0.1, 0.15) is 34.8 Å². The lowest BCUT2D eigenvalue weighted by Crippen LogP contribution is -2.41. The van der Waals surface area contributed by atoms with Crippen molar-refractivity contribution in [2.24, 2.45) is 13.0 Å². The van der Waals surface area contributed by atoms with Crippen molar-refractivity contribution >= 4 is 5.91 Å². The number of aromatic amines is 1. The Kier molecular flexibility index (Phi) is 4.30. The van der Waals surface area contributed by atoms with E-state index in [9.17, 15) is 9.90 Å². The zero-order valence-corrected chi connectivity index (χ0v) is 14.5. The molecule has 7 heteroatoms. The van der Waals surface area contributed by atoms with Crippen LogP contribution in [-0.2, 0) is 7.05 Å². The summed E-state index contributed by atoms with van der Waals surface area (Å²) in [4.78, 5) is 20.1. The minimum atomic E-state index is -0.279. The number of aromatic nitrogens is 4. The Labute approximate surface area is 151 Å². The summed E-state index contributed by atoms with van der Waals surface area (Å²) in [7, 11) is 1.85. The van der Waals surface area contributed by atoms with Crippen LogP contribution in [0, 0.1) is 5.92 Å². The fourth-order valence-corrected chi connectivity index (χ4v) is 3.43. The van der Waals surface area contributed by atoms with E-state index in [0.29, 0.717) is 18.4 Å². The summed E-state index contributed by atoms with van der Waals surface area (Å²) < 4.78 is 1.72. The zero-order valence-electron chi connectivity index (χ0n) is 14.5. The maximum absolute atomic E-state index is 12.9. The van der Waals surface area contributed by atoms with E-state index < -0.39 is 0 Å². The molecule has 0 unspecified atom stereocenters. The van der Waals surface area contributed by atoms with Crippen molar-refractivity contribution in [2.45, 2.75) is 25.0 Å². The summed E-state index contributed by atoms with van der Waals surface area (Å²) in [5, 5.41) is 17.0. The predicted molar refractivity (Wildman–Crippen MR) is 96.2 cm³/mol. The van der Waals surface area contributed by atoms with E-state index in [-0.39, 0.29) is 24.0 Å². The van der Waals surface area contributed by atoms with Gasteiger partial charge in [-0.1, -0.05) is 12.1 Å². The first-order valence-corrected chi connectivity index (χ1v) is 8.67. The van der Waals surface area contributed by atoms with E-state index in [1.165, 1.54) is 0 Å². The summed E-state index contributed by atoms with van der Waals surface area (Å²) in [6.45, 7) is 0. The van der Waals surface area contributed by atoms with Gasteiger partial charge in [0.25, 0.3) is 5.91 Å². The Morgan fingerprint density at radius 1 is 1.42 bits per heavy atom. The number of carbonyl (C=O) groups is 1. The van der Waals surface area contributed by atoms with Crippen LogP contribution in [0.5, 0.6) is 0 Å². The molecular formula is C19H21N5O2. The number of carbonyl (C=O) groups excluding carboxylic acids is 1. The molecule has 0 radical (unpaired) electrons. The number of nitrogens with one attached hydrogen (secondary N) is 2. The molecule has 3 N–H and O–H groups in total. The Bertz CT molecular complexity index is 896. The van der Waals surface area contributed by atoms with Crippen molar-refractivity contribution in [1.29, 1.82) is 0 Å². The van der Waals surface area contributed by atoms with E-state index in [2.05, 4.69) is 20.4 Å². The molecule has 1 aliphatic carbocycles. The van der Waals surface area contributed by atoms with Gasteiger partial charge in [0.2, 0.25) is 0 Å². The highest BCUT2D eigenvalue weighted by atomic mass is 16.3. The molecule has 1 saturated carbocycles. The molecule has 0 aliphatic heterocycles. The standard InChI is InChI=1S/C19H21N5O2/c1-24-11-15(10-22-24)17(14-8-16(25)9-14)23-19(26)13-4-2-3-12(7-13)18-20-5-6-21-18/h2-7,10-11,14,16-17,25H,8-9H2,1H3,(H,20,21)(H,23,26)/t14?,16?,17-/m0/s1. The van der Waals surface area contributed by atoms with Crippen molar-refractivity contribution in [3.05, 3.63) is 60.2 Å². The van der Waals surface area contributed by atoms with E-state index in [1.807, 2.05) is 31.4 Å². The lowest BCUT2D eigenvalue weighted by molar-refractivity contribution is 0.0235. The van der Waals surface area contributed by atoms with E-state index in [4.69, 9.17) is 0 Å². The first kappa shape index (κ1) is 16.5.